The summed E-state index contributed by atoms with van der Waals surface area (Å²) in [6.07, 6.45) is 6.25. The molecule has 2 fully saturated rings. The van der Waals surface area contributed by atoms with Crippen LogP contribution in [0.15, 0.2) is 0 Å². The fraction of sp³-hybridized carbons (Fsp3) is 1.00. The Balaban J connectivity index is 1.90. The first kappa shape index (κ1) is 14.3. The minimum Gasteiger partial charge on any atom is -0.389 e. The van der Waals surface area contributed by atoms with Gasteiger partial charge in [0.05, 0.1) is 12.7 Å². The van der Waals surface area contributed by atoms with Gasteiger partial charge in [0.2, 0.25) is 0 Å². The lowest BCUT2D eigenvalue weighted by molar-refractivity contribution is -0.0320. The van der Waals surface area contributed by atoms with Crippen molar-refractivity contribution < 1.29 is 9.84 Å². The molecular weight excluding hydrogens is 228 g/mol. The van der Waals surface area contributed by atoms with E-state index in [2.05, 4.69) is 10.2 Å². The van der Waals surface area contributed by atoms with Gasteiger partial charge in [-0.3, -0.25) is 4.90 Å². The number of ether oxygens (including phenoxy) is 1. The molecule has 1 atom stereocenters. The third-order valence-electron chi connectivity index (χ3n) is 4.41. The van der Waals surface area contributed by atoms with Gasteiger partial charge >= 0.3 is 0 Å². The second-order valence-electron chi connectivity index (χ2n) is 5.72. The number of rotatable bonds is 5. The second kappa shape index (κ2) is 6.85. The highest BCUT2D eigenvalue weighted by atomic mass is 16.5. The van der Waals surface area contributed by atoms with Gasteiger partial charge in [0.1, 0.15) is 0 Å². The maximum atomic E-state index is 10.1. The zero-order valence-corrected chi connectivity index (χ0v) is 11.7. The highest BCUT2D eigenvalue weighted by molar-refractivity contribution is 4.98. The van der Waals surface area contributed by atoms with Crippen molar-refractivity contribution in [2.45, 2.75) is 50.7 Å². The minimum absolute atomic E-state index is 0.309. The molecule has 0 amide bonds. The number of nitrogens with zero attached hydrogens (tertiary/aromatic N) is 1. The van der Waals surface area contributed by atoms with Crippen molar-refractivity contribution in [3.05, 3.63) is 0 Å². The van der Waals surface area contributed by atoms with Crippen molar-refractivity contribution in [2.75, 3.05) is 39.4 Å². The van der Waals surface area contributed by atoms with E-state index < -0.39 is 0 Å². The van der Waals surface area contributed by atoms with E-state index in [1.54, 1.807) is 0 Å². The maximum Gasteiger partial charge on any atom is 0.0900 e. The molecule has 106 valence electrons. The molecule has 1 aliphatic carbocycles. The molecule has 1 spiro atoms. The Labute approximate surface area is 111 Å². The molecule has 0 aromatic rings. The second-order valence-corrected chi connectivity index (χ2v) is 5.72. The van der Waals surface area contributed by atoms with Crippen LogP contribution in [0.1, 0.15) is 39.0 Å². The fourth-order valence-corrected chi connectivity index (χ4v) is 3.43. The largest absolute Gasteiger partial charge is 0.389 e. The lowest BCUT2D eigenvalue weighted by Gasteiger charge is -2.50. The van der Waals surface area contributed by atoms with Crippen LogP contribution < -0.4 is 5.32 Å². The Hall–Kier alpha value is -0.160. The molecule has 1 heterocycles. The smallest absolute Gasteiger partial charge is 0.0900 e. The summed E-state index contributed by atoms with van der Waals surface area (Å²) in [6, 6.07) is 0. The Morgan fingerprint density at radius 2 is 2.11 bits per heavy atom. The first-order valence-electron chi connectivity index (χ1n) is 7.48. The molecule has 0 radical (unpaired) electrons. The lowest BCUT2D eigenvalue weighted by Crippen LogP contribution is -2.63. The normalized spacial score (nSPS) is 26.3. The van der Waals surface area contributed by atoms with E-state index in [1.165, 1.54) is 32.1 Å². The van der Waals surface area contributed by atoms with Gasteiger partial charge in [-0.15, -0.1) is 0 Å². The van der Waals surface area contributed by atoms with Crippen molar-refractivity contribution in [3.8, 4) is 0 Å². The van der Waals surface area contributed by atoms with Crippen LogP contribution in [0.5, 0.6) is 0 Å². The highest BCUT2D eigenvalue weighted by Crippen LogP contribution is 2.34. The average Bonchev–Trinajstić information content (AvgIpc) is 2.40. The van der Waals surface area contributed by atoms with Crippen LogP contribution in [-0.4, -0.2) is 61.0 Å². The van der Waals surface area contributed by atoms with Crippen molar-refractivity contribution in [2.24, 2.45) is 0 Å². The molecule has 1 unspecified atom stereocenters. The fourth-order valence-electron chi connectivity index (χ4n) is 3.43. The van der Waals surface area contributed by atoms with E-state index in [0.29, 0.717) is 18.8 Å². The number of aliphatic hydroxyl groups is 1. The lowest BCUT2D eigenvalue weighted by atomic mass is 9.79. The van der Waals surface area contributed by atoms with Crippen molar-refractivity contribution in [3.63, 3.8) is 0 Å². The first-order chi connectivity index (χ1) is 8.77. The standard InChI is InChI=1S/C14H28N2O2/c1-2-18-11-13(17)10-16-9-8-15-12-14(16)6-4-3-5-7-14/h13,15,17H,2-12H2,1H3. The molecule has 1 saturated carbocycles. The van der Waals surface area contributed by atoms with Crippen LogP contribution in [0, 0.1) is 0 Å². The third-order valence-corrected chi connectivity index (χ3v) is 4.41. The summed E-state index contributed by atoms with van der Waals surface area (Å²) in [5.41, 5.74) is 0.309. The van der Waals surface area contributed by atoms with E-state index in [4.69, 9.17) is 4.74 Å². The van der Waals surface area contributed by atoms with Gasteiger partial charge in [0, 0.05) is 38.3 Å². The molecule has 18 heavy (non-hydrogen) atoms. The van der Waals surface area contributed by atoms with E-state index >= 15 is 0 Å². The molecule has 0 bridgehead atoms. The van der Waals surface area contributed by atoms with Gasteiger partial charge in [-0.25, -0.2) is 0 Å². The van der Waals surface area contributed by atoms with E-state index in [1.807, 2.05) is 6.92 Å². The van der Waals surface area contributed by atoms with Crippen molar-refractivity contribution in [1.82, 2.24) is 10.2 Å². The average molecular weight is 256 g/mol. The van der Waals surface area contributed by atoms with E-state index in [-0.39, 0.29) is 6.10 Å². The summed E-state index contributed by atoms with van der Waals surface area (Å²) in [7, 11) is 0. The first-order valence-corrected chi connectivity index (χ1v) is 7.48. The quantitative estimate of drug-likeness (QED) is 0.770. The molecule has 2 aliphatic rings. The van der Waals surface area contributed by atoms with E-state index in [9.17, 15) is 5.11 Å². The van der Waals surface area contributed by atoms with Crippen LogP contribution in [0.4, 0.5) is 0 Å². The number of piperazine rings is 1. The molecular formula is C14H28N2O2. The monoisotopic (exact) mass is 256 g/mol. The van der Waals surface area contributed by atoms with Gasteiger partial charge < -0.3 is 15.2 Å². The molecule has 4 nitrogen and oxygen atoms in total. The van der Waals surface area contributed by atoms with Gasteiger partial charge in [0.25, 0.3) is 0 Å². The van der Waals surface area contributed by atoms with Gasteiger partial charge in [-0.05, 0) is 19.8 Å². The summed E-state index contributed by atoms with van der Waals surface area (Å²) >= 11 is 0. The molecule has 2 N–H and O–H groups in total. The number of nitrogens with one attached hydrogen (secondary N) is 1. The maximum absolute atomic E-state index is 10.1. The van der Waals surface area contributed by atoms with Gasteiger partial charge in [0.15, 0.2) is 0 Å². The van der Waals surface area contributed by atoms with E-state index in [0.717, 1.165) is 26.2 Å². The zero-order chi connectivity index (χ0) is 12.8. The number of hydrogen-bond donors (Lipinski definition) is 2. The summed E-state index contributed by atoms with van der Waals surface area (Å²) in [5.74, 6) is 0. The molecule has 4 heteroatoms. The van der Waals surface area contributed by atoms with Crippen LogP contribution >= 0.6 is 0 Å². The molecule has 1 aliphatic heterocycles. The van der Waals surface area contributed by atoms with Gasteiger partial charge in [-0.1, -0.05) is 19.3 Å². The third kappa shape index (κ3) is 3.44. The number of β-amino-alcohol motifs (C(OH)–C–C–N with tert-alkyl or cyclic N) is 1. The molecule has 1 saturated heterocycles. The van der Waals surface area contributed by atoms with Crippen molar-refractivity contribution >= 4 is 0 Å². The number of hydrogen-bond acceptors (Lipinski definition) is 4. The van der Waals surface area contributed by atoms with Crippen LogP contribution in [0.25, 0.3) is 0 Å². The minimum atomic E-state index is -0.346. The van der Waals surface area contributed by atoms with Gasteiger partial charge in [-0.2, -0.15) is 0 Å². The SMILES string of the molecule is CCOCC(O)CN1CCNCC12CCCCC2. The highest BCUT2D eigenvalue weighted by Gasteiger charge is 2.40. The molecule has 2 rings (SSSR count). The predicted molar refractivity (Wildman–Crippen MR) is 72.8 cm³/mol. The topological polar surface area (TPSA) is 44.7 Å². The van der Waals surface area contributed by atoms with Crippen LogP contribution in [0.2, 0.25) is 0 Å². The summed E-state index contributed by atoms with van der Waals surface area (Å²) < 4.78 is 5.32. The predicted octanol–water partition coefficient (Wildman–Crippen LogP) is 0.992. The zero-order valence-electron chi connectivity index (χ0n) is 11.7. The summed E-state index contributed by atoms with van der Waals surface area (Å²) in [4.78, 5) is 2.52. The Kier molecular flexibility index (Phi) is 5.42. The summed E-state index contributed by atoms with van der Waals surface area (Å²) in [5, 5.41) is 13.6. The molecule has 0 aromatic heterocycles. The molecule has 0 aromatic carbocycles. The van der Waals surface area contributed by atoms with Crippen LogP contribution in [-0.2, 0) is 4.74 Å². The number of aliphatic hydroxyl groups excluding tert-OH is 1. The Morgan fingerprint density at radius 1 is 1.33 bits per heavy atom. The Morgan fingerprint density at radius 3 is 2.83 bits per heavy atom. The van der Waals surface area contributed by atoms with Crippen molar-refractivity contribution in [1.29, 1.82) is 0 Å². The Bertz CT molecular complexity index is 234. The summed E-state index contributed by atoms with van der Waals surface area (Å²) in [6.45, 7) is 7.09. The van der Waals surface area contributed by atoms with Crippen LogP contribution in [0.3, 0.4) is 0 Å².